The van der Waals surface area contributed by atoms with Crippen molar-refractivity contribution < 1.29 is 5.11 Å². The van der Waals surface area contributed by atoms with E-state index in [0.717, 1.165) is 11.3 Å². The molecule has 0 aliphatic heterocycles. The van der Waals surface area contributed by atoms with Crippen LogP contribution < -0.4 is 0 Å². The van der Waals surface area contributed by atoms with Gasteiger partial charge in [-0.15, -0.1) is 5.10 Å². The van der Waals surface area contributed by atoms with E-state index in [4.69, 9.17) is 5.11 Å². The van der Waals surface area contributed by atoms with Crippen molar-refractivity contribution in [3.05, 3.63) is 17.5 Å². The van der Waals surface area contributed by atoms with Gasteiger partial charge in [0.2, 0.25) is 0 Å². The highest BCUT2D eigenvalue weighted by atomic mass is 16.3. The van der Waals surface area contributed by atoms with E-state index in [1.165, 1.54) is 0 Å². The van der Waals surface area contributed by atoms with E-state index in [2.05, 4.69) is 10.3 Å². The van der Waals surface area contributed by atoms with Crippen molar-refractivity contribution in [2.75, 3.05) is 0 Å². The van der Waals surface area contributed by atoms with Gasteiger partial charge >= 0.3 is 0 Å². The molecule has 0 radical (unpaired) electrons. The summed E-state index contributed by atoms with van der Waals surface area (Å²) in [6.07, 6.45) is 3.19. The van der Waals surface area contributed by atoms with Gasteiger partial charge in [0, 0.05) is 7.05 Å². The van der Waals surface area contributed by atoms with Crippen molar-refractivity contribution in [1.29, 1.82) is 0 Å². The molecule has 0 amide bonds. The smallest absolute Gasteiger partial charge is 0.105 e. The molecule has 0 aliphatic carbocycles. The van der Waals surface area contributed by atoms with Crippen LogP contribution in [-0.2, 0) is 7.05 Å². The van der Waals surface area contributed by atoms with Crippen molar-refractivity contribution in [2.24, 2.45) is 7.05 Å². The zero-order chi connectivity index (χ0) is 9.14. The molecule has 12 heavy (non-hydrogen) atoms. The molecule has 0 saturated heterocycles. The Morgan fingerprint density at radius 3 is 2.83 bits per heavy atom. The van der Waals surface area contributed by atoms with Crippen LogP contribution in [0.15, 0.2) is 11.8 Å². The van der Waals surface area contributed by atoms with Crippen molar-refractivity contribution in [3.8, 4) is 0 Å². The molecule has 1 heterocycles. The fourth-order valence-corrected chi connectivity index (χ4v) is 0.785. The predicted molar refractivity (Wildman–Crippen MR) is 46.3 cm³/mol. The third-order valence-corrected chi connectivity index (χ3v) is 1.65. The van der Waals surface area contributed by atoms with Gasteiger partial charge in [-0.25, -0.2) is 0 Å². The molecule has 0 bridgehead atoms. The molecule has 1 atom stereocenters. The second kappa shape index (κ2) is 3.49. The average molecular weight is 167 g/mol. The minimum absolute atomic E-state index is 0.424. The summed E-state index contributed by atoms with van der Waals surface area (Å²) in [4.78, 5) is 0. The topological polar surface area (TPSA) is 50.9 Å². The number of aromatic nitrogens is 3. The maximum atomic E-state index is 9.17. The Balaban J connectivity index is 2.80. The number of aliphatic hydroxyl groups excluding tert-OH is 1. The van der Waals surface area contributed by atoms with Gasteiger partial charge in [-0.05, 0) is 25.5 Å². The van der Waals surface area contributed by atoms with E-state index in [0.29, 0.717) is 0 Å². The van der Waals surface area contributed by atoms with E-state index in [1.54, 1.807) is 17.8 Å². The van der Waals surface area contributed by atoms with Crippen LogP contribution in [0.3, 0.4) is 0 Å². The zero-order valence-electron chi connectivity index (χ0n) is 7.52. The SMILES string of the molecule is C/C(=C\c1cn(C)nn1)C(C)O. The second-order valence-corrected chi connectivity index (χ2v) is 2.88. The number of hydrogen-bond donors (Lipinski definition) is 1. The Bertz CT molecular complexity index is 288. The molecular formula is C8H13N3O. The van der Waals surface area contributed by atoms with Crippen molar-refractivity contribution in [2.45, 2.75) is 20.0 Å². The van der Waals surface area contributed by atoms with E-state index in [9.17, 15) is 0 Å². The molecule has 0 aliphatic rings. The van der Waals surface area contributed by atoms with Crippen LogP contribution in [0.25, 0.3) is 6.08 Å². The molecule has 0 spiro atoms. The van der Waals surface area contributed by atoms with E-state index in [-0.39, 0.29) is 0 Å². The highest BCUT2D eigenvalue weighted by molar-refractivity contribution is 5.47. The summed E-state index contributed by atoms with van der Waals surface area (Å²) < 4.78 is 1.63. The van der Waals surface area contributed by atoms with Crippen LogP contribution >= 0.6 is 0 Å². The Morgan fingerprint density at radius 1 is 1.75 bits per heavy atom. The Hall–Kier alpha value is -1.16. The largest absolute Gasteiger partial charge is 0.389 e. The number of aliphatic hydroxyl groups is 1. The third kappa shape index (κ3) is 2.17. The average Bonchev–Trinajstić information content (AvgIpc) is 2.35. The van der Waals surface area contributed by atoms with Crippen LogP contribution in [0.2, 0.25) is 0 Å². The lowest BCUT2D eigenvalue weighted by molar-refractivity contribution is 0.232. The number of nitrogens with zero attached hydrogens (tertiary/aromatic N) is 3. The quantitative estimate of drug-likeness (QED) is 0.701. The molecule has 0 saturated carbocycles. The highest BCUT2D eigenvalue weighted by Gasteiger charge is 1.99. The lowest BCUT2D eigenvalue weighted by Crippen LogP contribution is -2.00. The van der Waals surface area contributed by atoms with Crippen LogP contribution in [0, 0.1) is 0 Å². The Kier molecular flexibility index (Phi) is 2.60. The molecule has 1 aromatic heterocycles. The predicted octanol–water partition coefficient (Wildman–Crippen LogP) is 0.599. The van der Waals surface area contributed by atoms with E-state index < -0.39 is 6.10 Å². The lowest BCUT2D eigenvalue weighted by Gasteiger charge is -2.01. The van der Waals surface area contributed by atoms with Gasteiger partial charge in [-0.3, -0.25) is 4.68 Å². The number of hydrogen-bond acceptors (Lipinski definition) is 3. The second-order valence-electron chi connectivity index (χ2n) is 2.88. The normalized spacial score (nSPS) is 14.8. The molecule has 0 fully saturated rings. The summed E-state index contributed by atoms with van der Waals surface area (Å²) in [6, 6.07) is 0. The van der Waals surface area contributed by atoms with Gasteiger partial charge in [0.15, 0.2) is 0 Å². The minimum atomic E-state index is -0.424. The maximum Gasteiger partial charge on any atom is 0.105 e. The van der Waals surface area contributed by atoms with E-state index >= 15 is 0 Å². The standard InChI is InChI=1S/C8H13N3O/c1-6(7(2)12)4-8-5-11(3)10-9-8/h4-5,7,12H,1-3H3/b6-4+. The molecule has 1 unspecified atom stereocenters. The molecule has 4 heteroatoms. The molecular weight excluding hydrogens is 154 g/mol. The highest BCUT2D eigenvalue weighted by Crippen LogP contribution is 2.05. The van der Waals surface area contributed by atoms with Crippen molar-refractivity contribution in [3.63, 3.8) is 0 Å². The van der Waals surface area contributed by atoms with Crippen LogP contribution in [0.5, 0.6) is 0 Å². The zero-order valence-corrected chi connectivity index (χ0v) is 7.52. The van der Waals surface area contributed by atoms with Crippen molar-refractivity contribution >= 4 is 6.08 Å². The molecule has 0 aromatic carbocycles. The first-order chi connectivity index (χ1) is 5.59. The van der Waals surface area contributed by atoms with Gasteiger partial charge in [-0.2, -0.15) is 0 Å². The fourth-order valence-electron chi connectivity index (χ4n) is 0.785. The summed E-state index contributed by atoms with van der Waals surface area (Å²) in [6.45, 7) is 3.58. The molecule has 66 valence electrons. The fraction of sp³-hybridized carbons (Fsp3) is 0.500. The van der Waals surface area contributed by atoms with Gasteiger partial charge < -0.3 is 5.11 Å². The summed E-state index contributed by atoms with van der Waals surface area (Å²) in [5, 5.41) is 16.8. The van der Waals surface area contributed by atoms with Gasteiger partial charge in [0.05, 0.1) is 12.3 Å². The number of aryl methyl sites for hydroxylation is 1. The first kappa shape index (κ1) is 8.93. The Labute approximate surface area is 71.5 Å². The molecule has 4 nitrogen and oxygen atoms in total. The summed E-state index contributed by atoms with van der Waals surface area (Å²) >= 11 is 0. The van der Waals surface area contributed by atoms with Gasteiger partial charge in [0.25, 0.3) is 0 Å². The molecule has 1 N–H and O–H groups in total. The summed E-state index contributed by atoms with van der Waals surface area (Å²) in [5.74, 6) is 0. The maximum absolute atomic E-state index is 9.17. The molecule has 1 aromatic rings. The van der Waals surface area contributed by atoms with Crippen LogP contribution in [0.4, 0.5) is 0 Å². The Morgan fingerprint density at radius 2 is 2.42 bits per heavy atom. The summed E-state index contributed by atoms with van der Waals surface area (Å²) in [5.41, 5.74) is 1.66. The first-order valence-corrected chi connectivity index (χ1v) is 3.82. The number of rotatable bonds is 2. The monoisotopic (exact) mass is 167 g/mol. The molecule has 1 rings (SSSR count). The van der Waals surface area contributed by atoms with Crippen molar-refractivity contribution in [1.82, 2.24) is 15.0 Å². The van der Waals surface area contributed by atoms with Gasteiger partial charge in [0.1, 0.15) is 5.69 Å². The van der Waals surface area contributed by atoms with Crippen LogP contribution in [-0.4, -0.2) is 26.2 Å². The third-order valence-electron chi connectivity index (χ3n) is 1.65. The van der Waals surface area contributed by atoms with Gasteiger partial charge in [-0.1, -0.05) is 5.21 Å². The lowest BCUT2D eigenvalue weighted by atomic mass is 10.1. The van der Waals surface area contributed by atoms with E-state index in [1.807, 2.05) is 20.0 Å². The minimum Gasteiger partial charge on any atom is -0.389 e. The summed E-state index contributed by atoms with van der Waals surface area (Å²) in [7, 11) is 1.81. The van der Waals surface area contributed by atoms with Crippen LogP contribution in [0.1, 0.15) is 19.5 Å². The first-order valence-electron chi connectivity index (χ1n) is 3.82.